The molecule has 2 rings (SSSR count). The Bertz CT molecular complexity index is 621. The third-order valence-electron chi connectivity index (χ3n) is 5.36. The molecule has 0 saturated carbocycles. The van der Waals surface area contributed by atoms with E-state index < -0.39 is 5.51 Å². The van der Waals surface area contributed by atoms with E-state index >= 15 is 0 Å². The van der Waals surface area contributed by atoms with Gasteiger partial charge in [-0.05, 0) is 66.2 Å². The van der Waals surface area contributed by atoms with Crippen molar-refractivity contribution in [2.24, 2.45) is 10.8 Å². The molecule has 0 aliphatic carbocycles. The molecule has 0 atom stereocenters. The topological polar surface area (TPSA) is 27.0 Å². The van der Waals surface area contributed by atoms with Gasteiger partial charge in [0.25, 0.3) is 0 Å². The van der Waals surface area contributed by atoms with Gasteiger partial charge in [0, 0.05) is 17.9 Å². The Morgan fingerprint density at radius 1 is 1.20 bits per heavy atom. The molecule has 6 heteroatoms. The van der Waals surface area contributed by atoms with Gasteiger partial charge in [0.15, 0.2) is 0 Å². The first-order valence-electron chi connectivity index (χ1n) is 8.49. The van der Waals surface area contributed by atoms with Crippen LogP contribution in [0.4, 0.5) is 13.2 Å². The number of hydrogen-bond acceptors (Lipinski definition) is 3. The van der Waals surface area contributed by atoms with Gasteiger partial charge in [-0.2, -0.15) is 18.4 Å². The van der Waals surface area contributed by atoms with Gasteiger partial charge in [-0.3, -0.25) is 4.90 Å². The lowest BCUT2D eigenvalue weighted by molar-refractivity contribution is -0.0328. The lowest BCUT2D eigenvalue weighted by Gasteiger charge is -2.49. The van der Waals surface area contributed by atoms with E-state index in [2.05, 4.69) is 31.7 Å². The molecule has 0 amide bonds. The van der Waals surface area contributed by atoms with Gasteiger partial charge in [0.1, 0.15) is 0 Å². The second kappa shape index (κ2) is 7.59. The molecule has 0 N–H and O–H groups in total. The third kappa shape index (κ3) is 5.39. The van der Waals surface area contributed by atoms with Crippen LogP contribution in [0.15, 0.2) is 29.2 Å². The summed E-state index contributed by atoms with van der Waals surface area (Å²) in [7, 11) is 0. The molecule has 1 aromatic carbocycles. The lowest BCUT2D eigenvalue weighted by atomic mass is 9.60. The van der Waals surface area contributed by atoms with Crippen LogP contribution in [-0.4, -0.2) is 23.5 Å². The number of hydrogen-bond donors (Lipinski definition) is 0. The fourth-order valence-corrected chi connectivity index (χ4v) is 4.21. The highest BCUT2D eigenvalue weighted by atomic mass is 32.2. The van der Waals surface area contributed by atoms with Crippen molar-refractivity contribution in [3.8, 4) is 6.07 Å². The number of benzene rings is 1. The summed E-state index contributed by atoms with van der Waals surface area (Å²) in [6.45, 7) is 8.97. The van der Waals surface area contributed by atoms with E-state index in [1.807, 2.05) is 6.07 Å². The highest BCUT2D eigenvalue weighted by molar-refractivity contribution is 8.00. The Hall–Kier alpha value is -1.19. The highest BCUT2D eigenvalue weighted by Gasteiger charge is 2.43. The maximum Gasteiger partial charge on any atom is 0.446 e. The van der Waals surface area contributed by atoms with Crippen LogP contribution in [0.1, 0.15) is 45.6 Å². The molecule has 0 radical (unpaired) electrons. The summed E-state index contributed by atoms with van der Waals surface area (Å²) in [6.07, 6.45) is 2.45. The second-order valence-electron chi connectivity index (χ2n) is 7.84. The van der Waals surface area contributed by atoms with Gasteiger partial charge < -0.3 is 0 Å². The number of halogens is 3. The van der Waals surface area contributed by atoms with Gasteiger partial charge in [0.2, 0.25) is 0 Å². The number of nitrogens with zero attached hydrogens (tertiary/aromatic N) is 2. The van der Waals surface area contributed by atoms with Crippen molar-refractivity contribution in [2.75, 3.05) is 13.1 Å². The van der Waals surface area contributed by atoms with Crippen molar-refractivity contribution in [1.29, 1.82) is 5.26 Å². The monoisotopic (exact) mass is 370 g/mol. The zero-order chi connectivity index (χ0) is 18.7. The van der Waals surface area contributed by atoms with E-state index in [0.29, 0.717) is 13.0 Å². The summed E-state index contributed by atoms with van der Waals surface area (Å²) in [5.74, 6) is 0. The second-order valence-corrected chi connectivity index (χ2v) is 8.98. The molecule has 1 aromatic rings. The quantitative estimate of drug-likeness (QED) is 0.623. The van der Waals surface area contributed by atoms with E-state index in [4.69, 9.17) is 0 Å². The zero-order valence-corrected chi connectivity index (χ0v) is 15.8. The molecule has 0 bridgehead atoms. The average molecular weight is 370 g/mol. The van der Waals surface area contributed by atoms with Crippen LogP contribution >= 0.6 is 11.8 Å². The molecule has 2 nitrogen and oxygen atoms in total. The molecule has 25 heavy (non-hydrogen) atoms. The van der Waals surface area contributed by atoms with Crippen molar-refractivity contribution in [1.82, 2.24) is 4.90 Å². The Kier molecular flexibility index (Phi) is 6.11. The summed E-state index contributed by atoms with van der Waals surface area (Å²) in [5.41, 5.74) is -3.27. The van der Waals surface area contributed by atoms with E-state index in [9.17, 15) is 18.4 Å². The van der Waals surface area contributed by atoms with Crippen molar-refractivity contribution in [3.63, 3.8) is 0 Å². The average Bonchev–Trinajstić information content (AvgIpc) is 2.47. The molecule has 0 aromatic heterocycles. The van der Waals surface area contributed by atoms with Crippen LogP contribution in [0.5, 0.6) is 0 Å². The first-order valence-corrected chi connectivity index (χ1v) is 9.30. The van der Waals surface area contributed by atoms with Crippen molar-refractivity contribution < 1.29 is 13.2 Å². The number of piperidine rings is 1. The van der Waals surface area contributed by atoms with Crippen LogP contribution in [0.25, 0.3) is 0 Å². The number of rotatable bonds is 4. The summed E-state index contributed by atoms with van der Waals surface area (Å²) in [4.78, 5) is 2.51. The molecular formula is C19H25F3N2S. The largest absolute Gasteiger partial charge is 0.446 e. The number of thioether (sulfide) groups is 1. The Morgan fingerprint density at radius 3 is 2.36 bits per heavy atom. The van der Waals surface area contributed by atoms with Gasteiger partial charge >= 0.3 is 5.51 Å². The normalized spacial score (nSPS) is 18.8. The SMILES string of the molecule is CC(C)(C)C1(CC#N)CCN(Cc2cccc(SC(F)(F)F)c2)CC1. The zero-order valence-electron chi connectivity index (χ0n) is 15.0. The predicted octanol–water partition coefficient (Wildman–Crippen LogP) is 5.84. The number of nitriles is 1. The maximum absolute atomic E-state index is 12.5. The fourth-order valence-electron chi connectivity index (χ4n) is 3.58. The fraction of sp³-hybridized carbons (Fsp3) is 0.632. The van der Waals surface area contributed by atoms with Crippen LogP contribution in [0.3, 0.4) is 0 Å². The summed E-state index contributed by atoms with van der Waals surface area (Å²) >= 11 is -0.0679. The summed E-state index contributed by atoms with van der Waals surface area (Å²) in [6, 6.07) is 9.03. The number of likely N-dealkylation sites (tertiary alicyclic amines) is 1. The number of alkyl halides is 3. The maximum atomic E-state index is 12.5. The molecule has 1 aliphatic heterocycles. The Morgan fingerprint density at radius 2 is 1.84 bits per heavy atom. The van der Waals surface area contributed by atoms with Gasteiger partial charge in [-0.15, -0.1) is 0 Å². The third-order valence-corrected chi connectivity index (χ3v) is 6.08. The van der Waals surface area contributed by atoms with Crippen LogP contribution in [0, 0.1) is 22.2 Å². The minimum absolute atomic E-state index is 0.0201. The molecule has 0 unspecified atom stereocenters. The molecular weight excluding hydrogens is 345 g/mol. The van der Waals surface area contributed by atoms with Crippen molar-refractivity contribution in [2.45, 2.75) is 57.0 Å². The highest BCUT2D eigenvalue weighted by Crippen LogP contribution is 2.49. The molecule has 1 fully saturated rings. The summed E-state index contributed by atoms with van der Waals surface area (Å²) in [5, 5.41) is 9.21. The Labute approximate surface area is 152 Å². The predicted molar refractivity (Wildman–Crippen MR) is 95.0 cm³/mol. The molecule has 1 heterocycles. The van der Waals surface area contributed by atoms with Crippen LogP contribution in [0.2, 0.25) is 0 Å². The molecule has 1 aliphatic rings. The summed E-state index contributed by atoms with van der Waals surface area (Å²) < 4.78 is 37.6. The van der Waals surface area contributed by atoms with E-state index in [1.54, 1.807) is 12.1 Å². The lowest BCUT2D eigenvalue weighted by Crippen LogP contribution is -2.46. The van der Waals surface area contributed by atoms with Crippen molar-refractivity contribution >= 4 is 11.8 Å². The minimum Gasteiger partial charge on any atom is -0.299 e. The smallest absolute Gasteiger partial charge is 0.299 e. The first-order chi connectivity index (χ1) is 11.5. The molecule has 1 saturated heterocycles. The van der Waals surface area contributed by atoms with E-state index in [1.165, 1.54) is 6.07 Å². The minimum atomic E-state index is -4.26. The van der Waals surface area contributed by atoms with Gasteiger partial charge in [0.05, 0.1) is 6.07 Å². The van der Waals surface area contributed by atoms with Crippen LogP contribution in [-0.2, 0) is 6.54 Å². The van der Waals surface area contributed by atoms with Gasteiger partial charge in [-0.1, -0.05) is 32.9 Å². The standard InChI is InChI=1S/C19H25F3N2S/c1-17(2,3)18(7-10-23)8-11-24(12-9-18)14-15-5-4-6-16(13-15)25-19(20,21)22/h4-6,13H,7-9,11-12,14H2,1-3H3. The Balaban J connectivity index is 2.00. The first kappa shape index (κ1) is 20.1. The van der Waals surface area contributed by atoms with Gasteiger partial charge in [-0.25, -0.2) is 0 Å². The van der Waals surface area contributed by atoms with E-state index in [-0.39, 0.29) is 27.5 Å². The molecule has 0 spiro atoms. The van der Waals surface area contributed by atoms with E-state index in [0.717, 1.165) is 31.5 Å². The van der Waals surface area contributed by atoms with Crippen LogP contribution < -0.4 is 0 Å². The molecule has 138 valence electrons. The van der Waals surface area contributed by atoms with Crippen molar-refractivity contribution in [3.05, 3.63) is 29.8 Å².